The Morgan fingerprint density at radius 2 is 2.12 bits per heavy atom. The molecule has 1 unspecified atom stereocenters. The molecule has 0 saturated carbocycles. The number of ether oxygens (including phenoxy) is 1. The Morgan fingerprint density at radius 3 is 2.81 bits per heavy atom. The average molecular weight is 399 g/mol. The summed E-state index contributed by atoms with van der Waals surface area (Å²) in [4.78, 5) is 26.0. The van der Waals surface area contributed by atoms with Crippen LogP contribution in [0.15, 0.2) is 52.3 Å². The molecule has 2 aromatic rings. The van der Waals surface area contributed by atoms with Crippen LogP contribution in [0.5, 0.6) is 0 Å². The summed E-state index contributed by atoms with van der Waals surface area (Å²) in [5.41, 5.74) is 4.84. The van der Waals surface area contributed by atoms with Crippen LogP contribution in [0.1, 0.15) is 12.6 Å². The van der Waals surface area contributed by atoms with Gasteiger partial charge in [0.2, 0.25) is 0 Å². The van der Waals surface area contributed by atoms with Crippen LogP contribution < -0.4 is 11.4 Å². The van der Waals surface area contributed by atoms with E-state index < -0.39 is 30.9 Å². The van der Waals surface area contributed by atoms with Crippen molar-refractivity contribution in [2.45, 2.75) is 29.8 Å². The smallest absolute Gasteiger partial charge is 0.390 e. The molecule has 1 aromatic heterocycles. The van der Waals surface area contributed by atoms with E-state index in [4.69, 9.17) is 15.0 Å². The fourth-order valence-corrected chi connectivity index (χ4v) is 4.93. The van der Waals surface area contributed by atoms with Gasteiger partial charge in [-0.2, -0.15) is 4.98 Å². The van der Waals surface area contributed by atoms with Gasteiger partial charge in [0.1, 0.15) is 18.1 Å². The lowest BCUT2D eigenvalue weighted by Crippen LogP contribution is -2.28. The van der Waals surface area contributed by atoms with Crippen molar-refractivity contribution in [3.63, 3.8) is 0 Å². The summed E-state index contributed by atoms with van der Waals surface area (Å²) in [5, 5.41) is 10.1. The van der Waals surface area contributed by atoms with Crippen molar-refractivity contribution in [1.82, 2.24) is 9.55 Å². The third kappa shape index (κ3) is 4.73. The Balaban J connectivity index is 1.60. The zero-order valence-corrected chi connectivity index (χ0v) is 15.3. The zero-order valence-electron chi connectivity index (χ0n) is 13.5. The van der Waals surface area contributed by atoms with Gasteiger partial charge in [0.25, 0.3) is 0 Å². The molecule has 2 heterocycles. The first kappa shape index (κ1) is 19.1. The van der Waals surface area contributed by atoms with E-state index in [1.807, 2.05) is 0 Å². The lowest BCUT2D eigenvalue weighted by Gasteiger charge is -2.18. The number of aliphatic hydroxyl groups excluding tert-OH is 1. The number of benzene rings is 1. The second-order valence-electron chi connectivity index (χ2n) is 5.64. The van der Waals surface area contributed by atoms with Crippen molar-refractivity contribution in [3.05, 3.63) is 53.1 Å². The van der Waals surface area contributed by atoms with Gasteiger partial charge in [0, 0.05) is 17.5 Å². The van der Waals surface area contributed by atoms with Crippen molar-refractivity contribution in [3.8, 4) is 0 Å². The molecule has 26 heavy (non-hydrogen) atoms. The number of hydrogen-bond acceptors (Lipinski definition) is 8. The van der Waals surface area contributed by atoms with Crippen LogP contribution >= 0.6 is 18.2 Å². The largest absolute Gasteiger partial charge is 0.391 e. The van der Waals surface area contributed by atoms with Crippen molar-refractivity contribution in [2.75, 3.05) is 12.3 Å². The van der Waals surface area contributed by atoms with Gasteiger partial charge in [-0.05, 0) is 29.6 Å². The first-order valence-electron chi connectivity index (χ1n) is 7.74. The number of aliphatic hydroxyl groups is 1. The first-order chi connectivity index (χ1) is 12.3. The fourth-order valence-electron chi connectivity index (χ4n) is 2.49. The number of rotatable bonds is 6. The van der Waals surface area contributed by atoms with Crippen LogP contribution in [-0.2, 0) is 13.8 Å². The maximum absolute atomic E-state index is 12.2. The molecule has 0 amide bonds. The molecule has 3 rings (SSSR count). The first-order valence-corrected chi connectivity index (χ1v) is 10.7. The van der Waals surface area contributed by atoms with Crippen molar-refractivity contribution in [2.24, 2.45) is 0 Å². The van der Waals surface area contributed by atoms with E-state index >= 15 is 0 Å². The Kier molecular flexibility index (Phi) is 5.81. The fraction of sp³-hybridized carbons (Fsp3) is 0.333. The van der Waals surface area contributed by atoms with Crippen LogP contribution in [0.2, 0.25) is 0 Å². The van der Waals surface area contributed by atoms with E-state index in [0.717, 1.165) is 0 Å². The van der Waals surface area contributed by atoms with E-state index in [1.54, 1.807) is 30.3 Å². The van der Waals surface area contributed by atoms with Crippen molar-refractivity contribution < 1.29 is 23.8 Å². The summed E-state index contributed by atoms with van der Waals surface area (Å²) in [6.45, 7) is -4.26. The third-order valence-electron chi connectivity index (χ3n) is 3.73. The molecule has 0 aliphatic carbocycles. The molecule has 0 bridgehead atoms. The van der Waals surface area contributed by atoms with E-state index in [0.29, 0.717) is 16.3 Å². The highest BCUT2D eigenvalue weighted by molar-refractivity contribution is 8.54. The highest BCUT2D eigenvalue weighted by Crippen LogP contribution is 2.59. The minimum Gasteiger partial charge on any atom is -0.390 e. The summed E-state index contributed by atoms with van der Waals surface area (Å²) < 4.78 is 24.1. The number of nitrogen functional groups attached to an aromatic ring is 1. The standard InChI is InChI=1S/C15H18N3O6PS/c16-13-6-7-18(15(20)17-13)14-8-11(19)12(24-14)9-23-25(21,22)26-10-4-2-1-3-5-10/h1-7,11-12,14,19H,8-9H2,(H,21,22)(H2,16,17,20)/t11-,12+,14+/m0/s1. The quantitative estimate of drug-likeness (QED) is 0.615. The Hall–Kier alpha value is -1.68. The predicted molar refractivity (Wildman–Crippen MR) is 95.5 cm³/mol. The average Bonchev–Trinajstić information content (AvgIpc) is 2.94. The molecular formula is C15H18N3O6PS. The second-order valence-corrected chi connectivity index (χ2v) is 9.42. The second kappa shape index (κ2) is 7.91. The van der Waals surface area contributed by atoms with Gasteiger partial charge >= 0.3 is 12.5 Å². The van der Waals surface area contributed by atoms with Crippen LogP contribution in [0.3, 0.4) is 0 Å². The molecule has 9 nitrogen and oxygen atoms in total. The summed E-state index contributed by atoms with van der Waals surface area (Å²) >= 11 is 0.704. The number of aromatic nitrogens is 2. The third-order valence-corrected chi connectivity index (χ3v) is 6.56. The Bertz CT molecular complexity index is 864. The molecule has 4 atom stereocenters. The molecule has 1 aromatic carbocycles. The maximum atomic E-state index is 12.2. The monoisotopic (exact) mass is 399 g/mol. The normalized spacial score (nSPS) is 25.1. The molecule has 4 N–H and O–H groups in total. The van der Waals surface area contributed by atoms with E-state index in [2.05, 4.69) is 4.98 Å². The van der Waals surface area contributed by atoms with Gasteiger partial charge in [-0.25, -0.2) is 9.36 Å². The highest BCUT2D eigenvalue weighted by atomic mass is 32.7. The topological polar surface area (TPSA) is 137 Å². The molecule has 140 valence electrons. The summed E-state index contributed by atoms with van der Waals surface area (Å²) in [7, 11) is 0. The van der Waals surface area contributed by atoms with Gasteiger partial charge in [-0.1, -0.05) is 18.2 Å². The number of hydrogen-bond donors (Lipinski definition) is 3. The van der Waals surface area contributed by atoms with Crippen molar-refractivity contribution >= 4 is 24.0 Å². The highest BCUT2D eigenvalue weighted by Gasteiger charge is 2.37. The van der Waals surface area contributed by atoms with Crippen LogP contribution in [-0.4, -0.2) is 38.4 Å². The summed E-state index contributed by atoms with van der Waals surface area (Å²) in [6, 6.07) is 10.1. The lowest BCUT2D eigenvalue weighted by molar-refractivity contribution is -0.0415. The maximum Gasteiger partial charge on any atom is 0.391 e. The molecule has 11 heteroatoms. The lowest BCUT2D eigenvalue weighted by atomic mass is 10.2. The predicted octanol–water partition coefficient (Wildman–Crippen LogP) is 1.38. The Morgan fingerprint density at radius 1 is 1.38 bits per heavy atom. The van der Waals surface area contributed by atoms with Gasteiger partial charge in [-0.15, -0.1) is 0 Å². The SMILES string of the molecule is Nc1ccn([C@H]2C[C@H](O)[C@@H](COP(=O)(O)Sc3ccccc3)O2)c(=O)n1. The summed E-state index contributed by atoms with van der Waals surface area (Å²) in [5.74, 6) is 0.0869. The van der Waals surface area contributed by atoms with E-state index in [-0.39, 0.29) is 18.8 Å². The zero-order chi connectivity index (χ0) is 18.7. The molecule has 0 radical (unpaired) electrons. The van der Waals surface area contributed by atoms with Crippen LogP contribution in [0.4, 0.5) is 5.82 Å². The number of nitrogens with zero attached hydrogens (tertiary/aromatic N) is 2. The molecular weight excluding hydrogens is 381 g/mol. The molecule has 0 spiro atoms. The van der Waals surface area contributed by atoms with Gasteiger partial charge in [-0.3, -0.25) is 9.09 Å². The molecule has 1 fully saturated rings. The number of anilines is 1. The van der Waals surface area contributed by atoms with Gasteiger partial charge in [0.15, 0.2) is 0 Å². The molecule has 1 saturated heterocycles. The number of nitrogens with two attached hydrogens (primary N) is 1. The van der Waals surface area contributed by atoms with Crippen molar-refractivity contribution in [1.29, 1.82) is 0 Å². The minimum absolute atomic E-state index is 0.0869. The van der Waals surface area contributed by atoms with E-state index in [1.165, 1.54) is 16.8 Å². The van der Waals surface area contributed by atoms with Crippen LogP contribution in [0.25, 0.3) is 0 Å². The minimum atomic E-state index is -3.97. The van der Waals surface area contributed by atoms with Crippen LogP contribution in [0, 0.1) is 0 Å². The van der Waals surface area contributed by atoms with Gasteiger partial charge in [0.05, 0.1) is 12.7 Å². The van der Waals surface area contributed by atoms with E-state index in [9.17, 15) is 19.4 Å². The Labute approximate surface area is 153 Å². The van der Waals surface area contributed by atoms with Gasteiger partial charge < -0.3 is 20.5 Å². The summed E-state index contributed by atoms with van der Waals surface area (Å²) in [6.07, 6.45) is -0.999. The molecule has 1 aliphatic heterocycles. The molecule has 1 aliphatic rings.